The molecule has 2 heteroatoms. The van der Waals surface area contributed by atoms with Crippen molar-refractivity contribution in [3.05, 3.63) is 12.2 Å². The highest BCUT2D eigenvalue weighted by Crippen LogP contribution is 2.04. The summed E-state index contributed by atoms with van der Waals surface area (Å²) >= 11 is 0. The summed E-state index contributed by atoms with van der Waals surface area (Å²) in [6.07, 6.45) is 1.12. The molecular weight excluding hydrogens is 140 g/mol. The van der Waals surface area contributed by atoms with Crippen LogP contribution in [0.5, 0.6) is 0 Å². The summed E-state index contributed by atoms with van der Waals surface area (Å²) in [5.41, 5.74) is 1.02. The molecular formula is C9H18O2. The topological polar surface area (TPSA) is 29.5 Å². The predicted molar refractivity (Wildman–Crippen MR) is 46.5 cm³/mol. The fraction of sp³-hybridized carbons (Fsp3) is 0.778. The molecule has 0 amide bonds. The summed E-state index contributed by atoms with van der Waals surface area (Å²) in [5.74, 6) is 0. The summed E-state index contributed by atoms with van der Waals surface area (Å²) < 4.78 is 5.10. The van der Waals surface area contributed by atoms with Crippen molar-refractivity contribution in [3.63, 3.8) is 0 Å². The van der Waals surface area contributed by atoms with Gasteiger partial charge < -0.3 is 9.84 Å². The van der Waals surface area contributed by atoms with Crippen molar-refractivity contribution >= 4 is 0 Å². The molecule has 1 unspecified atom stereocenters. The van der Waals surface area contributed by atoms with Gasteiger partial charge in [0, 0.05) is 13.2 Å². The van der Waals surface area contributed by atoms with Gasteiger partial charge in [-0.2, -0.15) is 0 Å². The van der Waals surface area contributed by atoms with Gasteiger partial charge in [0.15, 0.2) is 0 Å². The molecule has 0 aromatic rings. The van der Waals surface area contributed by atoms with Gasteiger partial charge in [-0.25, -0.2) is 0 Å². The van der Waals surface area contributed by atoms with Crippen LogP contribution in [0.4, 0.5) is 0 Å². The molecule has 66 valence electrons. The van der Waals surface area contributed by atoms with Crippen LogP contribution in [-0.4, -0.2) is 24.4 Å². The maximum atomic E-state index is 9.31. The zero-order valence-corrected chi connectivity index (χ0v) is 7.47. The highest BCUT2D eigenvalue weighted by Gasteiger charge is 2.02. The standard InChI is InChI=1S/C9H18O2/c1-4-11-6-5-9(10)7-8(2)3/h9-10H,2,4-7H2,1,3H3. The van der Waals surface area contributed by atoms with Crippen LogP contribution in [0.2, 0.25) is 0 Å². The fourth-order valence-corrected chi connectivity index (χ4v) is 0.868. The molecule has 0 rings (SSSR count). The smallest absolute Gasteiger partial charge is 0.0599 e. The minimum Gasteiger partial charge on any atom is -0.393 e. The molecule has 0 bridgehead atoms. The molecule has 0 fully saturated rings. The van der Waals surface area contributed by atoms with E-state index < -0.39 is 0 Å². The van der Waals surface area contributed by atoms with Gasteiger partial charge in [0.2, 0.25) is 0 Å². The Morgan fingerprint density at radius 3 is 2.73 bits per heavy atom. The van der Waals surface area contributed by atoms with Gasteiger partial charge in [0.25, 0.3) is 0 Å². The first kappa shape index (κ1) is 10.7. The van der Waals surface area contributed by atoms with Crippen molar-refractivity contribution in [3.8, 4) is 0 Å². The van der Waals surface area contributed by atoms with Gasteiger partial charge in [-0.15, -0.1) is 6.58 Å². The van der Waals surface area contributed by atoms with E-state index in [9.17, 15) is 5.11 Å². The Labute approximate surface area is 68.9 Å². The number of hydrogen-bond acceptors (Lipinski definition) is 2. The first-order chi connectivity index (χ1) is 5.16. The van der Waals surface area contributed by atoms with E-state index in [0.717, 1.165) is 12.2 Å². The van der Waals surface area contributed by atoms with E-state index in [4.69, 9.17) is 4.74 Å². The molecule has 0 aromatic carbocycles. The summed E-state index contributed by atoms with van der Waals surface area (Å²) in [6.45, 7) is 8.96. The van der Waals surface area contributed by atoms with Crippen LogP contribution >= 0.6 is 0 Å². The van der Waals surface area contributed by atoms with E-state index in [1.54, 1.807) is 0 Å². The predicted octanol–water partition coefficient (Wildman–Crippen LogP) is 1.74. The summed E-state index contributed by atoms with van der Waals surface area (Å²) in [5, 5.41) is 9.31. The first-order valence-corrected chi connectivity index (χ1v) is 4.07. The van der Waals surface area contributed by atoms with Gasteiger partial charge in [-0.3, -0.25) is 0 Å². The quantitative estimate of drug-likeness (QED) is 0.471. The first-order valence-electron chi connectivity index (χ1n) is 4.07. The van der Waals surface area contributed by atoms with Crippen LogP contribution < -0.4 is 0 Å². The maximum absolute atomic E-state index is 9.31. The molecule has 0 aliphatic heterocycles. The number of ether oxygens (including phenoxy) is 1. The van der Waals surface area contributed by atoms with E-state index in [2.05, 4.69) is 6.58 Å². The van der Waals surface area contributed by atoms with Gasteiger partial charge in [-0.1, -0.05) is 5.57 Å². The monoisotopic (exact) mass is 158 g/mol. The van der Waals surface area contributed by atoms with Gasteiger partial charge in [0.05, 0.1) is 6.10 Å². The lowest BCUT2D eigenvalue weighted by atomic mass is 10.1. The van der Waals surface area contributed by atoms with E-state index in [0.29, 0.717) is 19.4 Å². The molecule has 0 aliphatic carbocycles. The van der Waals surface area contributed by atoms with Gasteiger partial charge in [-0.05, 0) is 26.7 Å². The Kier molecular flexibility index (Phi) is 6.18. The highest BCUT2D eigenvalue weighted by atomic mass is 16.5. The molecule has 1 N–H and O–H groups in total. The van der Waals surface area contributed by atoms with Crippen molar-refractivity contribution in [1.29, 1.82) is 0 Å². The molecule has 0 aromatic heterocycles. The molecule has 0 radical (unpaired) electrons. The van der Waals surface area contributed by atoms with Crippen LogP contribution in [-0.2, 0) is 4.74 Å². The summed E-state index contributed by atoms with van der Waals surface area (Å²) in [6, 6.07) is 0. The van der Waals surface area contributed by atoms with Crippen LogP contribution in [0.1, 0.15) is 26.7 Å². The Morgan fingerprint density at radius 2 is 2.27 bits per heavy atom. The van der Waals surface area contributed by atoms with E-state index >= 15 is 0 Å². The van der Waals surface area contributed by atoms with E-state index in [1.165, 1.54) is 0 Å². The molecule has 2 nitrogen and oxygen atoms in total. The summed E-state index contributed by atoms with van der Waals surface area (Å²) in [7, 11) is 0. The third-order valence-electron chi connectivity index (χ3n) is 1.38. The molecule has 1 atom stereocenters. The van der Waals surface area contributed by atoms with Crippen LogP contribution in [0.25, 0.3) is 0 Å². The van der Waals surface area contributed by atoms with Crippen LogP contribution in [0.3, 0.4) is 0 Å². The zero-order chi connectivity index (χ0) is 8.69. The Bertz CT molecular complexity index is 110. The van der Waals surface area contributed by atoms with Gasteiger partial charge >= 0.3 is 0 Å². The number of aliphatic hydroxyl groups is 1. The Morgan fingerprint density at radius 1 is 1.64 bits per heavy atom. The normalized spacial score (nSPS) is 13.0. The lowest BCUT2D eigenvalue weighted by Crippen LogP contribution is -2.10. The minimum atomic E-state index is -0.279. The van der Waals surface area contributed by atoms with Crippen molar-refractivity contribution in [2.24, 2.45) is 0 Å². The largest absolute Gasteiger partial charge is 0.393 e. The van der Waals surface area contributed by atoms with Crippen molar-refractivity contribution in [2.75, 3.05) is 13.2 Å². The average Bonchev–Trinajstić information content (AvgIpc) is 1.86. The van der Waals surface area contributed by atoms with Gasteiger partial charge in [0.1, 0.15) is 0 Å². The number of aliphatic hydroxyl groups excluding tert-OH is 1. The van der Waals surface area contributed by atoms with Crippen molar-refractivity contribution in [2.45, 2.75) is 32.8 Å². The third-order valence-corrected chi connectivity index (χ3v) is 1.38. The molecule has 0 heterocycles. The lowest BCUT2D eigenvalue weighted by Gasteiger charge is -2.09. The van der Waals surface area contributed by atoms with Crippen molar-refractivity contribution < 1.29 is 9.84 Å². The van der Waals surface area contributed by atoms with E-state index in [-0.39, 0.29) is 6.10 Å². The fourth-order valence-electron chi connectivity index (χ4n) is 0.868. The third kappa shape index (κ3) is 7.56. The average molecular weight is 158 g/mol. The second-order valence-electron chi connectivity index (χ2n) is 2.80. The molecule has 11 heavy (non-hydrogen) atoms. The zero-order valence-electron chi connectivity index (χ0n) is 7.47. The molecule has 0 aliphatic rings. The Balaban J connectivity index is 3.22. The minimum absolute atomic E-state index is 0.279. The lowest BCUT2D eigenvalue weighted by molar-refractivity contribution is 0.0888. The molecule has 0 saturated heterocycles. The van der Waals surface area contributed by atoms with Crippen molar-refractivity contribution in [1.82, 2.24) is 0 Å². The second kappa shape index (κ2) is 6.38. The highest BCUT2D eigenvalue weighted by molar-refractivity contribution is 4.90. The Hall–Kier alpha value is -0.340. The summed E-state index contributed by atoms with van der Waals surface area (Å²) in [4.78, 5) is 0. The van der Waals surface area contributed by atoms with Crippen LogP contribution in [0, 0.1) is 0 Å². The maximum Gasteiger partial charge on any atom is 0.0599 e. The second-order valence-corrected chi connectivity index (χ2v) is 2.80. The molecule has 0 saturated carbocycles. The number of rotatable bonds is 6. The van der Waals surface area contributed by atoms with E-state index in [1.807, 2.05) is 13.8 Å². The molecule has 0 spiro atoms. The number of hydrogen-bond donors (Lipinski definition) is 1. The van der Waals surface area contributed by atoms with Crippen LogP contribution in [0.15, 0.2) is 12.2 Å². The SMILES string of the molecule is C=C(C)CC(O)CCOCC.